The van der Waals surface area contributed by atoms with Gasteiger partial charge in [-0.1, -0.05) is 6.42 Å². The van der Waals surface area contributed by atoms with Crippen molar-refractivity contribution in [1.29, 1.82) is 0 Å². The van der Waals surface area contributed by atoms with Crippen molar-refractivity contribution in [1.82, 2.24) is 29.4 Å². The molecule has 18 nitrogen and oxygen atoms in total. The van der Waals surface area contributed by atoms with Crippen LogP contribution in [-0.2, 0) is 74.6 Å². The van der Waals surface area contributed by atoms with Gasteiger partial charge in [-0.15, -0.1) is 0 Å². The molecule has 2 radical (unpaired) electrons. The molecule has 36 heteroatoms. The second-order valence-electron chi connectivity index (χ2n) is 15.9. The fourth-order valence-electron chi connectivity index (χ4n) is 5.62. The van der Waals surface area contributed by atoms with E-state index in [4.69, 9.17) is 51.9 Å². The fraction of sp³-hybridized carbons (Fsp3) is 1.00. The molecular formula is C33H62Cu2F12N6O12S4. The molecule has 2 heterocycles. The van der Waals surface area contributed by atoms with Gasteiger partial charge in [0, 0.05) is 103 Å². The number of alkyl halides is 12. The molecule has 0 aliphatic carbocycles. The molecule has 2 saturated heterocycles. The van der Waals surface area contributed by atoms with Gasteiger partial charge in [0.15, 0.2) is 40.5 Å². The average Bonchev–Trinajstić information content (AvgIpc) is 3.28. The second-order valence-corrected chi connectivity index (χ2v) is 21.3. The van der Waals surface area contributed by atoms with Gasteiger partial charge in [-0.25, -0.2) is 33.7 Å². The smallest absolute Gasteiger partial charge is 0.741 e. The molecule has 2 rings (SSSR count). The molecule has 0 unspecified atom stereocenters. The van der Waals surface area contributed by atoms with E-state index >= 15 is 0 Å². The van der Waals surface area contributed by atoms with Crippen LogP contribution in [-0.4, -0.2) is 219 Å². The van der Waals surface area contributed by atoms with Gasteiger partial charge in [0.1, 0.15) is 0 Å². The molecule has 2 aliphatic rings. The van der Waals surface area contributed by atoms with E-state index in [0.29, 0.717) is 24.2 Å². The number of halogens is 12. The molecule has 0 aromatic carbocycles. The number of hydrogen-bond donors (Lipinski definition) is 0. The maximum Gasteiger partial charge on any atom is 2.00 e. The van der Waals surface area contributed by atoms with Crippen LogP contribution in [0.3, 0.4) is 0 Å². The summed E-state index contributed by atoms with van der Waals surface area (Å²) in [6, 6.07) is 2.57. The molecule has 0 atom stereocenters. The minimum atomic E-state index is -6.09. The molecule has 0 amide bonds. The summed E-state index contributed by atoms with van der Waals surface area (Å²) in [5.74, 6) is 0. The Balaban J connectivity index is -0.000000324. The first-order valence-corrected chi connectivity index (χ1v) is 25.8. The standard InChI is InChI=1S/C29H62N6.4CHF3O3S.2Cu/c1-26(2)32-18-14-30(15-19-33(23-22-32)27(3)4)12-10-9-11-13-31-16-20-34(28(5)6)24-25-35(21-17-31)29(7)8;4*2-1(3,4)8(5,6)7;;/h26-29H,9-25H2,1-8H3;4*(H,5,6,7);;/q;;;;;2*+2/p-4. The van der Waals surface area contributed by atoms with Crippen LogP contribution in [0.2, 0.25) is 0 Å². The van der Waals surface area contributed by atoms with Crippen molar-refractivity contribution in [3.8, 4) is 0 Å². The molecule has 426 valence electrons. The molecule has 0 N–H and O–H groups in total. The van der Waals surface area contributed by atoms with Crippen LogP contribution in [0.25, 0.3) is 0 Å². The number of hydrogen-bond acceptors (Lipinski definition) is 18. The van der Waals surface area contributed by atoms with Crippen LogP contribution in [0.1, 0.15) is 74.7 Å². The first-order valence-electron chi connectivity index (χ1n) is 20.2. The van der Waals surface area contributed by atoms with Crippen molar-refractivity contribution in [2.24, 2.45) is 0 Å². The maximum atomic E-state index is 10.7. The van der Waals surface area contributed by atoms with Crippen LogP contribution in [0.5, 0.6) is 0 Å². The second kappa shape index (κ2) is 33.5. The zero-order valence-electron chi connectivity index (χ0n) is 38.7. The summed E-state index contributed by atoms with van der Waals surface area (Å²) in [5, 5.41) is 0. The third-order valence-electron chi connectivity index (χ3n) is 9.67. The van der Waals surface area contributed by atoms with Crippen LogP contribution >= 0.6 is 0 Å². The van der Waals surface area contributed by atoms with Gasteiger partial charge in [0.2, 0.25) is 0 Å². The Kier molecular flexibility index (Phi) is 37.6. The van der Waals surface area contributed by atoms with Gasteiger partial charge in [-0.2, -0.15) is 52.7 Å². The van der Waals surface area contributed by atoms with Gasteiger partial charge < -0.3 is 28.0 Å². The normalized spacial score (nSPS) is 18.1. The van der Waals surface area contributed by atoms with Crippen molar-refractivity contribution in [2.75, 3.05) is 91.6 Å². The van der Waals surface area contributed by atoms with Crippen LogP contribution < -0.4 is 0 Å². The van der Waals surface area contributed by atoms with Crippen LogP contribution in [0.15, 0.2) is 0 Å². The van der Waals surface area contributed by atoms with Crippen LogP contribution in [0.4, 0.5) is 52.7 Å². The Labute approximate surface area is 419 Å². The molecule has 2 fully saturated rings. The quantitative estimate of drug-likeness (QED) is 0.0991. The third-order valence-corrected chi connectivity index (χ3v) is 11.9. The molecule has 0 bridgehead atoms. The molecule has 0 saturated carbocycles. The van der Waals surface area contributed by atoms with E-state index in [1.54, 1.807) is 0 Å². The van der Waals surface area contributed by atoms with Gasteiger partial charge in [0.05, 0.1) is 0 Å². The van der Waals surface area contributed by atoms with E-state index < -0.39 is 62.5 Å². The Hall–Kier alpha value is -0.401. The van der Waals surface area contributed by atoms with Gasteiger partial charge in [-0.3, -0.25) is 19.6 Å². The SMILES string of the molecule is CC(C)N1CCN(CCCCCN2CCN(C(C)C)CCN(C(C)C)CC2)CCN(C(C)C)CC1.O=S(=O)([O-])C(F)(F)F.O=S(=O)([O-])C(F)(F)F.O=S(=O)([O-])C(F)(F)F.O=S(=O)([O-])C(F)(F)F.[Cu+2].[Cu+2]. The third kappa shape index (κ3) is 36.2. The Bertz CT molecular complexity index is 1580. The predicted octanol–water partition coefficient (Wildman–Crippen LogP) is 3.83. The maximum absolute atomic E-state index is 10.7. The Morgan fingerprint density at radius 1 is 0.333 bits per heavy atom. The minimum Gasteiger partial charge on any atom is -0.741 e. The summed E-state index contributed by atoms with van der Waals surface area (Å²) in [4.78, 5) is 16.2. The van der Waals surface area contributed by atoms with E-state index in [1.807, 2.05) is 0 Å². The van der Waals surface area contributed by atoms with E-state index in [2.05, 4.69) is 84.8 Å². The summed E-state index contributed by atoms with van der Waals surface area (Å²) in [6.07, 6.45) is 4.04. The topological polar surface area (TPSA) is 248 Å². The van der Waals surface area contributed by atoms with E-state index in [1.165, 1.54) is 111 Å². The van der Waals surface area contributed by atoms with Crippen molar-refractivity contribution in [2.45, 2.75) is 121 Å². The summed E-state index contributed by atoms with van der Waals surface area (Å²) in [6.45, 7) is 36.0. The number of rotatable bonds is 10. The molecule has 0 spiro atoms. The first-order chi connectivity index (χ1) is 29.7. The Morgan fingerprint density at radius 2 is 0.464 bits per heavy atom. The van der Waals surface area contributed by atoms with Crippen LogP contribution in [0, 0.1) is 0 Å². The summed E-state index contributed by atoms with van der Waals surface area (Å²) in [5.41, 5.74) is -22.6. The summed E-state index contributed by atoms with van der Waals surface area (Å²) in [7, 11) is -24.4. The van der Waals surface area contributed by atoms with Crippen molar-refractivity contribution < 1.29 is 139 Å². The largest absolute Gasteiger partial charge is 2.00 e. The predicted molar refractivity (Wildman–Crippen MR) is 217 cm³/mol. The van der Waals surface area contributed by atoms with E-state index in [-0.39, 0.29) is 34.1 Å². The van der Waals surface area contributed by atoms with Gasteiger partial charge in [-0.05, 0) is 81.3 Å². The summed E-state index contributed by atoms with van der Waals surface area (Å²) < 4.78 is 236. The molecule has 2 aliphatic heterocycles. The van der Waals surface area contributed by atoms with Crippen molar-refractivity contribution >= 4 is 40.5 Å². The van der Waals surface area contributed by atoms with Crippen molar-refractivity contribution in [3.63, 3.8) is 0 Å². The number of unbranched alkanes of at least 4 members (excludes halogenated alkanes) is 2. The van der Waals surface area contributed by atoms with Crippen molar-refractivity contribution in [3.05, 3.63) is 0 Å². The minimum absolute atomic E-state index is 0. The zero-order chi connectivity index (χ0) is 53.8. The molecule has 0 aromatic heterocycles. The molecular weight excluding hydrogens is 1160 g/mol. The molecule has 69 heavy (non-hydrogen) atoms. The van der Waals surface area contributed by atoms with E-state index in [0.717, 1.165) is 0 Å². The monoisotopic (exact) mass is 1220 g/mol. The summed E-state index contributed by atoms with van der Waals surface area (Å²) >= 11 is 0. The first kappa shape index (κ1) is 77.5. The van der Waals surface area contributed by atoms with Gasteiger partial charge in [0.25, 0.3) is 0 Å². The van der Waals surface area contributed by atoms with Gasteiger partial charge >= 0.3 is 56.2 Å². The average molecular weight is 1220 g/mol. The van der Waals surface area contributed by atoms with E-state index in [9.17, 15) is 52.7 Å². The molecule has 0 aromatic rings. The zero-order valence-corrected chi connectivity index (χ0v) is 43.8. The number of nitrogens with zero attached hydrogens (tertiary/aromatic N) is 6. The fourth-order valence-corrected chi connectivity index (χ4v) is 5.62. The Morgan fingerprint density at radius 3 is 0.580 bits per heavy atom.